The van der Waals surface area contributed by atoms with E-state index in [1.165, 1.54) is 0 Å². The fourth-order valence-electron chi connectivity index (χ4n) is 4.93. The van der Waals surface area contributed by atoms with Gasteiger partial charge in [-0.15, -0.1) is 0 Å². The Bertz CT molecular complexity index is 978. The third-order valence-corrected chi connectivity index (χ3v) is 6.62. The van der Waals surface area contributed by atoms with Crippen molar-refractivity contribution in [3.63, 3.8) is 0 Å². The number of methoxy groups -OCH3 is 2. The third-order valence-electron chi connectivity index (χ3n) is 6.62. The minimum atomic E-state index is -0.891. The second kappa shape index (κ2) is 9.10. The number of benzene rings is 2. The molecule has 164 valence electrons. The van der Waals surface area contributed by atoms with Crippen molar-refractivity contribution in [2.24, 2.45) is 11.8 Å². The second-order valence-electron chi connectivity index (χ2n) is 8.59. The molecule has 1 unspecified atom stereocenters. The number of fused-ring (bicyclic) bond motifs is 1. The zero-order valence-corrected chi connectivity index (χ0v) is 18.1. The minimum Gasteiger partial charge on any atom is -0.493 e. The molecule has 1 heterocycles. The first kappa shape index (κ1) is 21.4. The van der Waals surface area contributed by atoms with Gasteiger partial charge < -0.3 is 14.6 Å². The highest BCUT2D eigenvalue weighted by molar-refractivity contribution is 6.02. The van der Waals surface area contributed by atoms with Gasteiger partial charge in [0.2, 0.25) is 0 Å². The summed E-state index contributed by atoms with van der Waals surface area (Å²) in [7, 11) is 3.21. The number of carboxylic acids is 1. The first-order chi connectivity index (χ1) is 15.0. The number of nitrogens with zero attached hydrogens (tertiary/aromatic N) is 1. The van der Waals surface area contributed by atoms with Crippen molar-refractivity contribution < 1.29 is 24.2 Å². The Kier molecular flexibility index (Phi) is 6.28. The highest BCUT2D eigenvalue weighted by atomic mass is 16.5. The van der Waals surface area contributed by atoms with E-state index in [1.54, 1.807) is 32.4 Å². The number of carbonyl (C=O) groups is 2. The van der Waals surface area contributed by atoms with Crippen LogP contribution in [0.4, 0.5) is 0 Å². The topological polar surface area (TPSA) is 76.1 Å². The molecule has 2 aromatic rings. The highest BCUT2D eigenvalue weighted by Gasteiger charge is 2.34. The number of hydrogen-bond acceptors (Lipinski definition) is 5. The second-order valence-corrected chi connectivity index (χ2v) is 8.59. The van der Waals surface area contributed by atoms with Crippen molar-refractivity contribution in [3.05, 3.63) is 58.7 Å². The van der Waals surface area contributed by atoms with Crippen LogP contribution in [0.2, 0.25) is 0 Å². The quantitative estimate of drug-likeness (QED) is 0.724. The first-order valence-electron chi connectivity index (χ1n) is 10.8. The number of hydrogen-bond donors (Lipinski definition) is 1. The maximum atomic E-state index is 13.0. The van der Waals surface area contributed by atoms with Gasteiger partial charge in [-0.3, -0.25) is 9.69 Å². The Morgan fingerprint density at radius 1 is 1.10 bits per heavy atom. The van der Waals surface area contributed by atoms with Crippen LogP contribution in [0.3, 0.4) is 0 Å². The Balaban J connectivity index is 1.32. The molecule has 6 heteroatoms. The fourth-order valence-corrected chi connectivity index (χ4v) is 4.93. The van der Waals surface area contributed by atoms with Gasteiger partial charge >= 0.3 is 5.97 Å². The van der Waals surface area contributed by atoms with E-state index < -0.39 is 5.97 Å². The van der Waals surface area contributed by atoms with Gasteiger partial charge in [0.1, 0.15) is 0 Å². The molecule has 1 N–H and O–H groups in total. The molecule has 1 aliphatic heterocycles. The van der Waals surface area contributed by atoms with Crippen LogP contribution in [-0.2, 0) is 13.0 Å². The number of ether oxygens (including phenoxy) is 2. The number of aromatic carboxylic acids is 1. The number of carbonyl (C=O) groups excluding carboxylic acids is 1. The fraction of sp³-hybridized carbons (Fsp3) is 0.440. The van der Waals surface area contributed by atoms with Crippen molar-refractivity contribution >= 4 is 11.8 Å². The van der Waals surface area contributed by atoms with E-state index in [2.05, 4.69) is 4.90 Å². The van der Waals surface area contributed by atoms with Crippen molar-refractivity contribution in [1.82, 2.24) is 4.90 Å². The zero-order valence-electron chi connectivity index (χ0n) is 18.1. The van der Waals surface area contributed by atoms with Gasteiger partial charge in [-0.1, -0.05) is 12.1 Å². The maximum absolute atomic E-state index is 13.0. The van der Waals surface area contributed by atoms with E-state index in [-0.39, 0.29) is 11.7 Å². The van der Waals surface area contributed by atoms with Crippen molar-refractivity contribution in [1.29, 1.82) is 0 Å². The van der Waals surface area contributed by atoms with Crippen LogP contribution < -0.4 is 9.47 Å². The lowest BCUT2D eigenvalue weighted by molar-refractivity contribution is 0.0696. The molecule has 2 aliphatic rings. The summed E-state index contributed by atoms with van der Waals surface area (Å²) in [4.78, 5) is 26.5. The summed E-state index contributed by atoms with van der Waals surface area (Å²) < 4.78 is 10.7. The number of likely N-dealkylation sites (tertiary alicyclic amines) is 1. The monoisotopic (exact) mass is 423 g/mol. The largest absolute Gasteiger partial charge is 0.493 e. The van der Waals surface area contributed by atoms with Gasteiger partial charge in [-0.25, -0.2) is 4.79 Å². The Morgan fingerprint density at radius 3 is 2.48 bits per heavy atom. The number of Topliss-reactive ketones (excluding diaryl/α,β-unsaturated/α-hetero) is 1. The number of ketones is 1. The molecule has 4 rings (SSSR count). The molecule has 0 bridgehead atoms. The normalized spacial score (nSPS) is 19.3. The van der Waals surface area contributed by atoms with Gasteiger partial charge in [0, 0.05) is 18.0 Å². The van der Waals surface area contributed by atoms with E-state index >= 15 is 0 Å². The molecule has 0 spiro atoms. The van der Waals surface area contributed by atoms with E-state index in [4.69, 9.17) is 9.47 Å². The minimum absolute atomic E-state index is 0.0376. The van der Waals surface area contributed by atoms with Crippen LogP contribution in [0.5, 0.6) is 11.5 Å². The molecule has 0 saturated carbocycles. The SMILES string of the molecule is COc1cc2c(cc1OC)C(=O)C(CC1CCN(Cc3cccc(C(=O)O)c3)CC1)C2. The smallest absolute Gasteiger partial charge is 0.335 e. The number of piperidine rings is 1. The van der Waals surface area contributed by atoms with E-state index in [0.717, 1.165) is 62.0 Å². The lowest BCUT2D eigenvalue weighted by Crippen LogP contribution is -2.34. The number of rotatable bonds is 7. The summed E-state index contributed by atoms with van der Waals surface area (Å²) in [5.41, 5.74) is 3.20. The number of carboxylic acid groups (broad SMARTS) is 1. The van der Waals surface area contributed by atoms with Crippen LogP contribution in [0.1, 0.15) is 51.1 Å². The van der Waals surface area contributed by atoms with Crippen molar-refractivity contribution in [3.8, 4) is 11.5 Å². The molecule has 0 amide bonds. The van der Waals surface area contributed by atoms with Crippen LogP contribution in [0.15, 0.2) is 36.4 Å². The third kappa shape index (κ3) is 4.59. The molecular formula is C25H29NO5. The van der Waals surface area contributed by atoms with Crippen LogP contribution in [0, 0.1) is 11.8 Å². The highest BCUT2D eigenvalue weighted by Crippen LogP contribution is 2.39. The lowest BCUT2D eigenvalue weighted by atomic mass is 9.85. The Morgan fingerprint density at radius 2 is 1.81 bits per heavy atom. The molecule has 1 aliphatic carbocycles. The molecule has 6 nitrogen and oxygen atoms in total. The molecular weight excluding hydrogens is 394 g/mol. The lowest BCUT2D eigenvalue weighted by Gasteiger charge is -2.33. The predicted molar refractivity (Wildman–Crippen MR) is 117 cm³/mol. The molecule has 0 radical (unpaired) electrons. The average molecular weight is 424 g/mol. The van der Waals surface area contributed by atoms with Gasteiger partial charge in [0.25, 0.3) is 0 Å². The summed E-state index contributed by atoms with van der Waals surface area (Å²) in [6, 6.07) is 10.9. The molecule has 1 fully saturated rings. The van der Waals surface area contributed by atoms with Crippen LogP contribution in [0.25, 0.3) is 0 Å². The average Bonchev–Trinajstić information content (AvgIpc) is 3.08. The molecule has 2 aromatic carbocycles. The maximum Gasteiger partial charge on any atom is 0.335 e. The van der Waals surface area contributed by atoms with Gasteiger partial charge in [-0.2, -0.15) is 0 Å². The summed E-state index contributed by atoms with van der Waals surface area (Å²) in [5.74, 6) is 1.19. The van der Waals surface area contributed by atoms with E-state index in [0.29, 0.717) is 23.0 Å². The zero-order chi connectivity index (χ0) is 22.0. The standard InChI is InChI=1S/C25H29NO5/c1-30-22-13-19-12-20(24(27)21(19)14-23(22)31-2)10-16-6-8-26(9-7-16)15-17-4-3-5-18(11-17)25(28)29/h3-5,11,13-14,16,20H,6-10,12,15H2,1-2H3,(H,28,29). The van der Waals surface area contributed by atoms with Crippen LogP contribution in [-0.4, -0.2) is 49.1 Å². The molecule has 1 saturated heterocycles. The summed E-state index contributed by atoms with van der Waals surface area (Å²) in [5, 5.41) is 9.18. The predicted octanol–water partition coefficient (Wildman–Crippen LogP) is 4.06. The molecule has 0 aromatic heterocycles. The van der Waals surface area contributed by atoms with Gasteiger partial charge in [0.15, 0.2) is 17.3 Å². The van der Waals surface area contributed by atoms with Gasteiger partial charge in [0.05, 0.1) is 19.8 Å². The van der Waals surface area contributed by atoms with Gasteiger partial charge in [-0.05, 0) is 80.1 Å². The summed E-state index contributed by atoms with van der Waals surface area (Å²) in [6.45, 7) is 2.70. The molecule has 1 atom stereocenters. The summed E-state index contributed by atoms with van der Waals surface area (Å²) >= 11 is 0. The van der Waals surface area contributed by atoms with E-state index in [1.807, 2.05) is 18.2 Å². The van der Waals surface area contributed by atoms with Crippen molar-refractivity contribution in [2.45, 2.75) is 32.2 Å². The Labute approximate surface area is 182 Å². The summed E-state index contributed by atoms with van der Waals surface area (Å²) in [6.07, 6.45) is 3.81. The first-order valence-corrected chi connectivity index (χ1v) is 10.8. The Hall–Kier alpha value is -2.86. The van der Waals surface area contributed by atoms with Crippen LogP contribution >= 0.6 is 0 Å². The van der Waals surface area contributed by atoms with Crippen molar-refractivity contribution in [2.75, 3.05) is 27.3 Å². The molecule has 31 heavy (non-hydrogen) atoms. The van der Waals surface area contributed by atoms with E-state index in [9.17, 15) is 14.7 Å².